The van der Waals surface area contributed by atoms with Gasteiger partial charge >= 0.3 is 0 Å². The summed E-state index contributed by atoms with van der Waals surface area (Å²) in [6, 6.07) is 7.69. The predicted molar refractivity (Wildman–Crippen MR) is 94.6 cm³/mol. The Hall–Kier alpha value is -3.22. The lowest BCUT2D eigenvalue weighted by Gasteiger charge is -2.36. The molecule has 7 nitrogen and oxygen atoms in total. The van der Waals surface area contributed by atoms with Gasteiger partial charge in [-0.1, -0.05) is 12.1 Å². The van der Waals surface area contributed by atoms with Gasteiger partial charge in [0.2, 0.25) is 0 Å². The molecule has 2 aromatic heterocycles. The Bertz CT molecular complexity index is 918. The lowest BCUT2D eigenvalue weighted by molar-refractivity contribution is 0.0577. The average Bonchev–Trinajstić information content (AvgIpc) is 3.14. The maximum Gasteiger partial charge on any atom is 0.275 e. The van der Waals surface area contributed by atoms with Gasteiger partial charge in [0.15, 0.2) is 0 Å². The Kier molecular flexibility index (Phi) is 4.12. The molecule has 0 unspecified atom stereocenters. The van der Waals surface area contributed by atoms with Crippen molar-refractivity contribution in [3.8, 4) is 5.75 Å². The highest BCUT2D eigenvalue weighted by Crippen LogP contribution is 2.31. The van der Waals surface area contributed by atoms with Gasteiger partial charge in [0, 0.05) is 25.1 Å². The Morgan fingerprint density at radius 3 is 2.65 bits per heavy atom. The quantitative estimate of drug-likeness (QED) is 0.726. The molecular formula is C19H19N5O2. The zero-order chi connectivity index (χ0) is 18.1. The van der Waals surface area contributed by atoms with E-state index < -0.39 is 0 Å². The molecule has 0 aliphatic carbocycles. The van der Waals surface area contributed by atoms with Crippen molar-refractivity contribution in [2.75, 3.05) is 7.11 Å². The number of aryl methyl sites for hydroxylation is 1. The molecule has 0 radical (unpaired) electrons. The van der Waals surface area contributed by atoms with Gasteiger partial charge in [0.1, 0.15) is 17.3 Å². The van der Waals surface area contributed by atoms with E-state index in [1.54, 1.807) is 19.5 Å². The minimum Gasteiger partial charge on any atom is -0.497 e. The van der Waals surface area contributed by atoms with E-state index in [1.165, 1.54) is 6.20 Å². The van der Waals surface area contributed by atoms with Crippen LogP contribution in [0.5, 0.6) is 5.75 Å². The Labute approximate surface area is 151 Å². The molecule has 132 valence electrons. The van der Waals surface area contributed by atoms with E-state index in [-0.39, 0.29) is 11.9 Å². The maximum atomic E-state index is 13.1. The van der Waals surface area contributed by atoms with Crippen LogP contribution in [0.25, 0.3) is 0 Å². The second-order valence-corrected chi connectivity index (χ2v) is 6.26. The standard InChI is InChI=1S/C19H19N5O2/c1-13-9-22-16(10-21-13)19(25)24-12-18-20-7-8-23(18)11-17(24)14-3-5-15(26-2)6-4-14/h3-10,17H,11-12H2,1-2H3/t17-/m0/s1. The van der Waals surface area contributed by atoms with E-state index in [2.05, 4.69) is 19.5 Å². The summed E-state index contributed by atoms with van der Waals surface area (Å²) in [7, 11) is 1.64. The second-order valence-electron chi connectivity index (χ2n) is 6.26. The molecule has 1 amide bonds. The topological polar surface area (TPSA) is 73.1 Å². The summed E-state index contributed by atoms with van der Waals surface area (Å²) in [5.74, 6) is 1.51. The summed E-state index contributed by atoms with van der Waals surface area (Å²) in [6.45, 7) is 2.92. The van der Waals surface area contributed by atoms with E-state index in [1.807, 2.05) is 42.3 Å². The van der Waals surface area contributed by atoms with Gasteiger partial charge in [-0.3, -0.25) is 9.78 Å². The monoisotopic (exact) mass is 349 g/mol. The molecule has 0 fully saturated rings. The molecule has 0 spiro atoms. The fourth-order valence-corrected chi connectivity index (χ4v) is 3.18. The zero-order valence-electron chi connectivity index (χ0n) is 14.7. The Morgan fingerprint density at radius 1 is 1.15 bits per heavy atom. The molecule has 0 bridgehead atoms. The van der Waals surface area contributed by atoms with Crippen molar-refractivity contribution in [3.63, 3.8) is 0 Å². The number of rotatable bonds is 3. The van der Waals surface area contributed by atoms with E-state index in [0.717, 1.165) is 22.8 Å². The molecule has 1 atom stereocenters. The number of carbonyl (C=O) groups excluding carboxylic acids is 1. The van der Waals surface area contributed by atoms with E-state index in [0.29, 0.717) is 18.8 Å². The van der Waals surface area contributed by atoms with Crippen LogP contribution in [0.2, 0.25) is 0 Å². The van der Waals surface area contributed by atoms with Gasteiger partial charge in [0.05, 0.1) is 31.6 Å². The minimum absolute atomic E-state index is 0.113. The number of methoxy groups -OCH3 is 1. The van der Waals surface area contributed by atoms with Crippen LogP contribution in [0.15, 0.2) is 49.1 Å². The fraction of sp³-hybridized carbons (Fsp3) is 0.263. The first-order valence-electron chi connectivity index (χ1n) is 8.39. The molecule has 1 aliphatic rings. The van der Waals surface area contributed by atoms with Crippen molar-refractivity contribution < 1.29 is 9.53 Å². The van der Waals surface area contributed by atoms with Crippen LogP contribution in [0, 0.1) is 6.92 Å². The van der Waals surface area contributed by atoms with Crippen molar-refractivity contribution in [1.82, 2.24) is 24.4 Å². The number of nitrogens with zero attached hydrogens (tertiary/aromatic N) is 5. The van der Waals surface area contributed by atoms with Crippen molar-refractivity contribution in [3.05, 3.63) is 71.8 Å². The van der Waals surface area contributed by atoms with Crippen LogP contribution in [-0.2, 0) is 13.1 Å². The molecule has 1 aliphatic heterocycles. The zero-order valence-corrected chi connectivity index (χ0v) is 14.7. The Morgan fingerprint density at radius 2 is 1.96 bits per heavy atom. The summed E-state index contributed by atoms with van der Waals surface area (Å²) in [4.78, 5) is 27.7. The van der Waals surface area contributed by atoms with E-state index in [4.69, 9.17) is 4.74 Å². The minimum atomic E-state index is -0.146. The first kappa shape index (κ1) is 16.3. The van der Waals surface area contributed by atoms with Gasteiger partial charge < -0.3 is 14.2 Å². The van der Waals surface area contributed by atoms with Crippen LogP contribution in [0.4, 0.5) is 0 Å². The lowest BCUT2D eigenvalue weighted by Crippen LogP contribution is -2.41. The number of ether oxygens (including phenoxy) is 1. The number of carbonyl (C=O) groups is 1. The third-order valence-electron chi connectivity index (χ3n) is 4.62. The summed E-state index contributed by atoms with van der Waals surface area (Å²) >= 11 is 0. The smallest absolute Gasteiger partial charge is 0.275 e. The maximum absolute atomic E-state index is 13.1. The van der Waals surface area contributed by atoms with Gasteiger partial charge in [-0.2, -0.15) is 0 Å². The average molecular weight is 349 g/mol. The number of aromatic nitrogens is 4. The molecule has 3 heterocycles. The fourth-order valence-electron chi connectivity index (χ4n) is 3.18. The number of amides is 1. The van der Waals surface area contributed by atoms with Crippen LogP contribution in [-0.4, -0.2) is 37.4 Å². The molecule has 7 heteroatoms. The SMILES string of the molecule is COc1ccc([C@@H]2Cn3ccnc3CN2C(=O)c2cnc(C)cn2)cc1. The van der Waals surface area contributed by atoms with Gasteiger partial charge in [-0.25, -0.2) is 9.97 Å². The highest BCUT2D eigenvalue weighted by Gasteiger charge is 2.32. The normalized spacial score (nSPS) is 16.2. The number of benzene rings is 1. The van der Waals surface area contributed by atoms with Crippen LogP contribution in [0.3, 0.4) is 0 Å². The number of hydrogen-bond donors (Lipinski definition) is 0. The molecule has 0 saturated carbocycles. The Balaban J connectivity index is 1.70. The van der Waals surface area contributed by atoms with Crippen LogP contribution in [0.1, 0.15) is 33.6 Å². The molecule has 0 N–H and O–H groups in total. The second kappa shape index (κ2) is 6.59. The summed E-state index contributed by atoms with van der Waals surface area (Å²) in [5.41, 5.74) is 2.16. The third kappa shape index (κ3) is 2.92. The summed E-state index contributed by atoms with van der Waals surface area (Å²) in [6.07, 6.45) is 6.85. The first-order valence-corrected chi connectivity index (χ1v) is 8.39. The lowest BCUT2D eigenvalue weighted by atomic mass is 10.0. The summed E-state index contributed by atoms with van der Waals surface area (Å²) < 4.78 is 7.32. The van der Waals surface area contributed by atoms with E-state index in [9.17, 15) is 4.79 Å². The largest absolute Gasteiger partial charge is 0.497 e. The van der Waals surface area contributed by atoms with Crippen molar-refractivity contribution in [1.29, 1.82) is 0 Å². The van der Waals surface area contributed by atoms with Crippen molar-refractivity contribution in [2.24, 2.45) is 0 Å². The summed E-state index contributed by atoms with van der Waals surface area (Å²) in [5, 5.41) is 0. The molecule has 0 saturated heterocycles. The van der Waals surface area contributed by atoms with Crippen LogP contribution >= 0.6 is 0 Å². The van der Waals surface area contributed by atoms with Crippen molar-refractivity contribution >= 4 is 5.91 Å². The van der Waals surface area contributed by atoms with Gasteiger partial charge in [0.25, 0.3) is 5.91 Å². The van der Waals surface area contributed by atoms with Crippen molar-refractivity contribution in [2.45, 2.75) is 26.1 Å². The molecule has 26 heavy (non-hydrogen) atoms. The first-order chi connectivity index (χ1) is 12.7. The molecule has 4 rings (SSSR count). The molecular weight excluding hydrogens is 330 g/mol. The molecule has 3 aromatic rings. The number of imidazole rings is 1. The van der Waals surface area contributed by atoms with Gasteiger partial charge in [-0.05, 0) is 24.6 Å². The third-order valence-corrected chi connectivity index (χ3v) is 4.62. The van der Waals surface area contributed by atoms with Crippen LogP contribution < -0.4 is 4.74 Å². The predicted octanol–water partition coefficient (Wildman–Crippen LogP) is 2.39. The number of hydrogen-bond acceptors (Lipinski definition) is 5. The highest BCUT2D eigenvalue weighted by atomic mass is 16.5. The molecule has 1 aromatic carbocycles. The number of fused-ring (bicyclic) bond motifs is 1. The highest BCUT2D eigenvalue weighted by molar-refractivity contribution is 5.92. The van der Waals surface area contributed by atoms with E-state index >= 15 is 0 Å². The van der Waals surface area contributed by atoms with Gasteiger partial charge in [-0.15, -0.1) is 0 Å².